The summed E-state index contributed by atoms with van der Waals surface area (Å²) in [4.78, 5) is 14.4. The molecule has 2 atom stereocenters. The topological polar surface area (TPSA) is 50.2 Å². The van der Waals surface area contributed by atoms with Gasteiger partial charge < -0.3 is 10.2 Å². The van der Waals surface area contributed by atoms with Gasteiger partial charge in [0.1, 0.15) is 0 Å². The molecule has 2 unspecified atom stereocenters. The summed E-state index contributed by atoms with van der Waals surface area (Å²) in [6.07, 6.45) is 8.99. The minimum Gasteiger partial charge on any atom is -0.341 e. The molecule has 0 saturated carbocycles. The van der Waals surface area contributed by atoms with E-state index < -0.39 is 0 Å². The third-order valence-corrected chi connectivity index (χ3v) is 4.58. The predicted molar refractivity (Wildman–Crippen MR) is 91.8 cm³/mol. The Morgan fingerprint density at radius 3 is 2.86 bits per heavy atom. The van der Waals surface area contributed by atoms with Crippen LogP contribution in [0.15, 0.2) is 18.5 Å². The van der Waals surface area contributed by atoms with E-state index >= 15 is 0 Å². The number of hydrogen-bond donors (Lipinski definition) is 1. The Labute approximate surface area is 144 Å². The van der Waals surface area contributed by atoms with Gasteiger partial charge in [0.2, 0.25) is 5.91 Å². The smallest absolute Gasteiger partial charge is 0.222 e. The van der Waals surface area contributed by atoms with Gasteiger partial charge in [-0.1, -0.05) is 0 Å². The van der Waals surface area contributed by atoms with Crippen molar-refractivity contribution in [1.82, 2.24) is 20.0 Å². The quantitative estimate of drug-likeness (QED) is 0.907. The first-order chi connectivity index (χ1) is 9.83. The molecule has 0 radical (unpaired) electrons. The molecule has 0 aliphatic carbocycles. The summed E-state index contributed by atoms with van der Waals surface area (Å²) in [6, 6.07) is 2.31. The van der Waals surface area contributed by atoms with Gasteiger partial charge in [-0.05, 0) is 50.8 Å². The van der Waals surface area contributed by atoms with Crippen LogP contribution in [0.2, 0.25) is 0 Å². The summed E-state index contributed by atoms with van der Waals surface area (Å²) in [6.45, 7) is 3.94. The average Bonchev–Trinajstić information content (AvgIpc) is 3.18. The maximum atomic E-state index is 12.3. The zero-order valence-corrected chi connectivity index (χ0v) is 14.5. The highest BCUT2D eigenvalue weighted by molar-refractivity contribution is 5.85. The van der Waals surface area contributed by atoms with Crippen molar-refractivity contribution in [3.63, 3.8) is 0 Å². The van der Waals surface area contributed by atoms with E-state index in [1.807, 2.05) is 28.0 Å². The molecule has 0 spiro atoms. The van der Waals surface area contributed by atoms with E-state index in [1.54, 1.807) is 0 Å². The summed E-state index contributed by atoms with van der Waals surface area (Å²) in [5.74, 6) is 1.03. The first-order valence-corrected chi connectivity index (χ1v) is 7.80. The number of amides is 1. The van der Waals surface area contributed by atoms with Gasteiger partial charge in [-0.15, -0.1) is 24.8 Å². The number of likely N-dealkylation sites (tertiary alicyclic amines) is 1. The van der Waals surface area contributed by atoms with E-state index in [0.29, 0.717) is 24.3 Å². The van der Waals surface area contributed by atoms with E-state index in [-0.39, 0.29) is 24.8 Å². The molecule has 1 aromatic heterocycles. The van der Waals surface area contributed by atoms with Gasteiger partial charge in [0.25, 0.3) is 0 Å². The lowest BCUT2D eigenvalue weighted by Gasteiger charge is -2.33. The van der Waals surface area contributed by atoms with E-state index in [9.17, 15) is 4.79 Å². The van der Waals surface area contributed by atoms with Gasteiger partial charge >= 0.3 is 0 Å². The van der Waals surface area contributed by atoms with Crippen molar-refractivity contribution in [2.45, 2.75) is 38.1 Å². The minimum atomic E-state index is 0. The van der Waals surface area contributed by atoms with Gasteiger partial charge in [0.15, 0.2) is 0 Å². The molecule has 2 aliphatic rings. The highest BCUT2D eigenvalue weighted by Crippen LogP contribution is 2.22. The normalized spacial score (nSPS) is 24.5. The van der Waals surface area contributed by atoms with Gasteiger partial charge in [-0.3, -0.25) is 9.48 Å². The van der Waals surface area contributed by atoms with Crippen molar-refractivity contribution in [2.75, 3.05) is 26.2 Å². The summed E-state index contributed by atoms with van der Waals surface area (Å²) < 4.78 is 2.00. The first-order valence-electron chi connectivity index (χ1n) is 7.80. The number of carbonyl (C=O) groups is 1. The highest BCUT2D eigenvalue weighted by Gasteiger charge is 2.25. The zero-order valence-electron chi connectivity index (χ0n) is 12.8. The highest BCUT2D eigenvalue weighted by atomic mass is 35.5. The van der Waals surface area contributed by atoms with Gasteiger partial charge in [0.05, 0.1) is 6.04 Å². The summed E-state index contributed by atoms with van der Waals surface area (Å²) in [5, 5.41) is 7.68. The van der Waals surface area contributed by atoms with Crippen LogP contribution in [-0.4, -0.2) is 46.8 Å². The largest absolute Gasteiger partial charge is 0.341 e. The third kappa shape index (κ3) is 4.86. The zero-order chi connectivity index (χ0) is 13.8. The minimum absolute atomic E-state index is 0. The predicted octanol–water partition coefficient (Wildman–Crippen LogP) is 2.28. The summed E-state index contributed by atoms with van der Waals surface area (Å²) in [5.41, 5.74) is 0. The number of piperidine rings is 1. The van der Waals surface area contributed by atoms with Crippen LogP contribution >= 0.6 is 24.8 Å². The van der Waals surface area contributed by atoms with Crippen LogP contribution in [0, 0.1) is 5.92 Å². The number of nitrogens with one attached hydrogen (secondary N) is 1. The SMILES string of the molecule is Cl.Cl.O=C(CCC1CCNC1)N1CCCC(n2cccn2)C1. The monoisotopic (exact) mass is 348 g/mol. The van der Waals surface area contributed by atoms with Crippen molar-refractivity contribution in [1.29, 1.82) is 0 Å². The first kappa shape index (κ1) is 19.3. The molecular formula is C15H26Cl2N4O. The number of halogens is 2. The fourth-order valence-corrected chi connectivity index (χ4v) is 3.34. The molecule has 3 rings (SSSR count). The number of nitrogens with zero attached hydrogens (tertiary/aromatic N) is 3. The molecule has 22 heavy (non-hydrogen) atoms. The Morgan fingerprint density at radius 1 is 1.32 bits per heavy atom. The molecule has 1 N–H and O–H groups in total. The lowest BCUT2D eigenvalue weighted by Crippen LogP contribution is -2.40. The average molecular weight is 349 g/mol. The molecule has 1 amide bonds. The summed E-state index contributed by atoms with van der Waals surface area (Å²) >= 11 is 0. The molecule has 2 saturated heterocycles. The standard InChI is InChI=1S/C15H24N4O.2ClH/c20-15(5-4-13-6-8-16-11-13)18-9-1-3-14(12-18)19-10-2-7-17-19;;/h2,7,10,13-14,16H,1,3-6,8-9,11-12H2;2*1H. The molecule has 7 heteroatoms. The van der Waals surface area contributed by atoms with Crippen LogP contribution < -0.4 is 5.32 Å². The van der Waals surface area contributed by atoms with Crippen molar-refractivity contribution in [3.8, 4) is 0 Å². The van der Waals surface area contributed by atoms with Crippen LogP contribution in [0.25, 0.3) is 0 Å². The van der Waals surface area contributed by atoms with E-state index in [2.05, 4.69) is 10.4 Å². The van der Waals surface area contributed by atoms with Crippen LogP contribution in [0.3, 0.4) is 0 Å². The van der Waals surface area contributed by atoms with Crippen molar-refractivity contribution in [3.05, 3.63) is 18.5 Å². The number of hydrogen-bond acceptors (Lipinski definition) is 3. The Hall–Kier alpha value is -0.780. The molecule has 2 fully saturated rings. The second-order valence-corrected chi connectivity index (χ2v) is 6.02. The van der Waals surface area contributed by atoms with Crippen molar-refractivity contribution in [2.24, 2.45) is 5.92 Å². The lowest BCUT2D eigenvalue weighted by atomic mass is 10.0. The Kier molecular flexibility index (Phi) is 8.21. The van der Waals surface area contributed by atoms with Crippen LogP contribution in [0.5, 0.6) is 0 Å². The Morgan fingerprint density at radius 2 is 2.18 bits per heavy atom. The Balaban J connectivity index is 0.00000121. The number of rotatable bonds is 4. The molecule has 126 valence electrons. The lowest BCUT2D eigenvalue weighted by molar-refractivity contribution is -0.133. The summed E-state index contributed by atoms with van der Waals surface area (Å²) in [7, 11) is 0. The van der Waals surface area contributed by atoms with Crippen LogP contribution in [0.4, 0.5) is 0 Å². The Bertz CT molecular complexity index is 435. The van der Waals surface area contributed by atoms with E-state index in [4.69, 9.17) is 0 Å². The maximum absolute atomic E-state index is 12.3. The second kappa shape index (κ2) is 9.38. The molecule has 3 heterocycles. The number of carbonyl (C=O) groups excluding carboxylic acids is 1. The van der Waals surface area contributed by atoms with Gasteiger partial charge in [-0.25, -0.2) is 0 Å². The van der Waals surface area contributed by atoms with Crippen LogP contribution in [0.1, 0.15) is 38.1 Å². The van der Waals surface area contributed by atoms with Gasteiger partial charge in [-0.2, -0.15) is 5.10 Å². The number of aromatic nitrogens is 2. The second-order valence-electron chi connectivity index (χ2n) is 6.02. The van der Waals surface area contributed by atoms with E-state index in [0.717, 1.165) is 45.4 Å². The molecular weight excluding hydrogens is 323 g/mol. The fraction of sp³-hybridized carbons (Fsp3) is 0.733. The van der Waals surface area contributed by atoms with E-state index in [1.165, 1.54) is 6.42 Å². The van der Waals surface area contributed by atoms with Crippen molar-refractivity contribution < 1.29 is 4.79 Å². The van der Waals surface area contributed by atoms with Crippen molar-refractivity contribution >= 4 is 30.7 Å². The molecule has 1 aromatic rings. The molecule has 0 bridgehead atoms. The molecule has 2 aliphatic heterocycles. The fourth-order valence-electron chi connectivity index (χ4n) is 3.34. The van der Waals surface area contributed by atoms with Gasteiger partial charge in [0, 0.05) is 31.9 Å². The molecule has 5 nitrogen and oxygen atoms in total. The third-order valence-electron chi connectivity index (χ3n) is 4.58. The maximum Gasteiger partial charge on any atom is 0.222 e. The molecule has 0 aromatic carbocycles. The van der Waals surface area contributed by atoms with Crippen LogP contribution in [-0.2, 0) is 4.79 Å².